The van der Waals surface area contributed by atoms with Crippen molar-refractivity contribution in [2.75, 3.05) is 7.11 Å². The lowest BCUT2D eigenvalue weighted by Gasteiger charge is -2.15. The molecule has 2 rings (SSSR count). The van der Waals surface area contributed by atoms with Gasteiger partial charge in [0.05, 0.1) is 19.1 Å². The van der Waals surface area contributed by atoms with E-state index in [1.54, 1.807) is 7.11 Å². The lowest BCUT2D eigenvalue weighted by atomic mass is 9.89. The number of nitriles is 1. The standard InChI is InChI=1S/C18H19NO/c1-13-8-9-14(2)17(10-13)16(12-19)11-15-6-4-5-7-18(15)20-3/h4-10,16H,11H2,1-3H3. The average molecular weight is 265 g/mol. The van der Waals surface area contributed by atoms with Gasteiger partial charge in [-0.05, 0) is 43.0 Å². The minimum atomic E-state index is -0.147. The molecule has 20 heavy (non-hydrogen) atoms. The molecule has 0 radical (unpaired) electrons. The summed E-state index contributed by atoms with van der Waals surface area (Å²) in [4.78, 5) is 0. The number of methoxy groups -OCH3 is 1. The van der Waals surface area contributed by atoms with Crippen LogP contribution >= 0.6 is 0 Å². The average Bonchev–Trinajstić information content (AvgIpc) is 2.48. The minimum absolute atomic E-state index is 0.147. The molecule has 2 heteroatoms. The zero-order chi connectivity index (χ0) is 14.5. The van der Waals surface area contributed by atoms with Crippen LogP contribution in [0.1, 0.15) is 28.2 Å². The maximum Gasteiger partial charge on any atom is 0.122 e. The Morgan fingerprint density at radius 2 is 1.90 bits per heavy atom. The molecule has 0 N–H and O–H groups in total. The molecule has 2 aromatic carbocycles. The largest absolute Gasteiger partial charge is 0.496 e. The molecule has 1 atom stereocenters. The summed E-state index contributed by atoms with van der Waals surface area (Å²) in [7, 11) is 1.66. The monoisotopic (exact) mass is 265 g/mol. The van der Waals surface area contributed by atoms with Gasteiger partial charge in [-0.25, -0.2) is 0 Å². The quantitative estimate of drug-likeness (QED) is 0.831. The summed E-state index contributed by atoms with van der Waals surface area (Å²) >= 11 is 0. The van der Waals surface area contributed by atoms with Crippen LogP contribution in [0, 0.1) is 25.2 Å². The molecule has 1 unspecified atom stereocenters. The molecule has 0 bridgehead atoms. The number of hydrogen-bond acceptors (Lipinski definition) is 2. The number of nitrogens with zero attached hydrogens (tertiary/aromatic N) is 1. The fourth-order valence-corrected chi connectivity index (χ4v) is 2.45. The zero-order valence-corrected chi connectivity index (χ0v) is 12.2. The third-order valence-electron chi connectivity index (χ3n) is 3.58. The number of para-hydroxylation sites is 1. The molecule has 0 spiro atoms. The van der Waals surface area contributed by atoms with Crippen LogP contribution in [0.5, 0.6) is 5.75 Å². The molecule has 0 aliphatic rings. The maximum atomic E-state index is 9.53. The van der Waals surface area contributed by atoms with Crippen molar-refractivity contribution in [3.63, 3.8) is 0 Å². The van der Waals surface area contributed by atoms with Gasteiger partial charge in [-0.1, -0.05) is 42.0 Å². The molecule has 2 aromatic rings. The summed E-state index contributed by atoms with van der Waals surface area (Å²) < 4.78 is 5.37. The Balaban J connectivity index is 2.34. The molecular formula is C18H19NO. The van der Waals surface area contributed by atoms with Gasteiger partial charge in [0.15, 0.2) is 0 Å². The highest BCUT2D eigenvalue weighted by Crippen LogP contribution is 2.28. The van der Waals surface area contributed by atoms with E-state index in [-0.39, 0.29) is 5.92 Å². The van der Waals surface area contributed by atoms with Gasteiger partial charge in [0.1, 0.15) is 5.75 Å². The second kappa shape index (κ2) is 6.25. The van der Waals surface area contributed by atoms with E-state index >= 15 is 0 Å². The Morgan fingerprint density at radius 1 is 1.15 bits per heavy atom. The molecule has 2 nitrogen and oxygen atoms in total. The smallest absolute Gasteiger partial charge is 0.122 e. The number of rotatable bonds is 4. The van der Waals surface area contributed by atoms with Crippen molar-refractivity contribution in [3.05, 3.63) is 64.7 Å². The van der Waals surface area contributed by atoms with Gasteiger partial charge in [0, 0.05) is 0 Å². The molecule has 0 aliphatic heterocycles. The normalized spacial score (nSPS) is 11.7. The first-order chi connectivity index (χ1) is 9.65. The van der Waals surface area contributed by atoms with Crippen molar-refractivity contribution < 1.29 is 4.74 Å². The second-order valence-corrected chi connectivity index (χ2v) is 5.06. The van der Waals surface area contributed by atoms with Gasteiger partial charge in [-0.3, -0.25) is 0 Å². The van der Waals surface area contributed by atoms with Crippen molar-refractivity contribution in [1.82, 2.24) is 0 Å². The van der Waals surface area contributed by atoms with E-state index in [1.807, 2.05) is 24.3 Å². The van der Waals surface area contributed by atoms with Crippen molar-refractivity contribution in [1.29, 1.82) is 5.26 Å². The van der Waals surface area contributed by atoms with Crippen molar-refractivity contribution in [3.8, 4) is 11.8 Å². The van der Waals surface area contributed by atoms with E-state index in [0.29, 0.717) is 6.42 Å². The van der Waals surface area contributed by atoms with Gasteiger partial charge in [-0.15, -0.1) is 0 Å². The van der Waals surface area contributed by atoms with Crippen LogP contribution in [0.3, 0.4) is 0 Å². The van der Waals surface area contributed by atoms with Crippen LogP contribution in [0.15, 0.2) is 42.5 Å². The lowest BCUT2D eigenvalue weighted by molar-refractivity contribution is 0.409. The molecule has 0 saturated heterocycles. The van der Waals surface area contributed by atoms with E-state index in [9.17, 15) is 5.26 Å². The second-order valence-electron chi connectivity index (χ2n) is 5.06. The SMILES string of the molecule is COc1ccccc1CC(C#N)c1cc(C)ccc1C. The van der Waals surface area contributed by atoms with Crippen molar-refractivity contribution in [2.45, 2.75) is 26.2 Å². The Hall–Kier alpha value is -2.27. The number of ether oxygens (including phenoxy) is 1. The topological polar surface area (TPSA) is 33.0 Å². The first-order valence-electron chi connectivity index (χ1n) is 6.74. The Bertz CT molecular complexity index is 640. The predicted octanol–water partition coefficient (Wildman–Crippen LogP) is 4.16. The van der Waals surface area contributed by atoms with Crippen LogP contribution in [-0.2, 0) is 6.42 Å². The highest BCUT2D eigenvalue weighted by molar-refractivity contribution is 5.40. The Morgan fingerprint density at radius 3 is 2.60 bits per heavy atom. The Kier molecular flexibility index (Phi) is 4.42. The molecule has 0 fully saturated rings. The summed E-state index contributed by atoms with van der Waals surface area (Å²) in [5.41, 5.74) is 4.53. The van der Waals surface area contributed by atoms with Gasteiger partial charge in [-0.2, -0.15) is 5.26 Å². The lowest BCUT2D eigenvalue weighted by Crippen LogP contribution is -2.04. The number of aryl methyl sites for hydroxylation is 2. The molecule has 0 aromatic heterocycles. The van der Waals surface area contributed by atoms with Crippen molar-refractivity contribution >= 4 is 0 Å². The number of hydrogen-bond donors (Lipinski definition) is 0. The highest BCUT2D eigenvalue weighted by atomic mass is 16.5. The van der Waals surface area contributed by atoms with Crippen LogP contribution in [0.2, 0.25) is 0 Å². The first-order valence-corrected chi connectivity index (χ1v) is 6.74. The summed E-state index contributed by atoms with van der Waals surface area (Å²) in [6.45, 7) is 4.11. The van der Waals surface area contributed by atoms with Crippen LogP contribution in [0.4, 0.5) is 0 Å². The molecule has 0 aliphatic carbocycles. The third kappa shape index (κ3) is 3.00. The molecule has 102 valence electrons. The van der Waals surface area contributed by atoms with Crippen LogP contribution in [-0.4, -0.2) is 7.11 Å². The third-order valence-corrected chi connectivity index (χ3v) is 3.58. The van der Waals surface area contributed by atoms with Gasteiger partial charge >= 0.3 is 0 Å². The van der Waals surface area contributed by atoms with E-state index < -0.39 is 0 Å². The summed E-state index contributed by atoms with van der Waals surface area (Å²) in [5.74, 6) is 0.698. The fourth-order valence-electron chi connectivity index (χ4n) is 2.45. The molecular weight excluding hydrogens is 246 g/mol. The summed E-state index contributed by atoms with van der Waals surface area (Å²) in [6.07, 6.45) is 0.671. The molecule has 0 heterocycles. The molecule has 0 amide bonds. The zero-order valence-electron chi connectivity index (χ0n) is 12.2. The summed E-state index contributed by atoms with van der Waals surface area (Å²) in [6, 6.07) is 16.6. The van der Waals surface area contributed by atoms with E-state index in [0.717, 1.165) is 22.4 Å². The van der Waals surface area contributed by atoms with E-state index in [4.69, 9.17) is 4.74 Å². The van der Waals surface area contributed by atoms with Crippen LogP contribution < -0.4 is 4.74 Å². The van der Waals surface area contributed by atoms with Crippen molar-refractivity contribution in [2.24, 2.45) is 0 Å². The van der Waals surface area contributed by atoms with Gasteiger partial charge in [0.2, 0.25) is 0 Å². The van der Waals surface area contributed by atoms with E-state index in [1.165, 1.54) is 5.56 Å². The Labute approximate surface area is 120 Å². The van der Waals surface area contributed by atoms with Crippen LogP contribution in [0.25, 0.3) is 0 Å². The minimum Gasteiger partial charge on any atom is -0.496 e. The van der Waals surface area contributed by atoms with Gasteiger partial charge in [0.25, 0.3) is 0 Å². The first kappa shape index (κ1) is 14.1. The van der Waals surface area contributed by atoms with Gasteiger partial charge < -0.3 is 4.74 Å². The number of benzene rings is 2. The maximum absolute atomic E-state index is 9.53. The summed E-state index contributed by atoms with van der Waals surface area (Å²) in [5, 5.41) is 9.53. The molecule has 0 saturated carbocycles. The predicted molar refractivity (Wildman–Crippen MR) is 81.0 cm³/mol. The highest BCUT2D eigenvalue weighted by Gasteiger charge is 2.16. The van der Waals surface area contributed by atoms with E-state index in [2.05, 4.69) is 38.1 Å². The fraction of sp³-hybridized carbons (Fsp3) is 0.278.